The van der Waals surface area contributed by atoms with Gasteiger partial charge in [-0.25, -0.2) is 0 Å². The molecule has 0 saturated heterocycles. The van der Waals surface area contributed by atoms with Crippen LogP contribution in [0.4, 0.5) is 0 Å². The topological polar surface area (TPSA) is 92.4 Å². The Morgan fingerprint density at radius 3 is 2.36 bits per heavy atom. The highest BCUT2D eigenvalue weighted by Crippen LogP contribution is 2.32. The molecule has 3 aromatic rings. The van der Waals surface area contributed by atoms with E-state index >= 15 is 0 Å². The molecule has 0 unspecified atom stereocenters. The van der Waals surface area contributed by atoms with E-state index in [4.69, 9.17) is 9.47 Å². The van der Waals surface area contributed by atoms with Crippen molar-refractivity contribution in [3.05, 3.63) is 45.9 Å². The molecule has 7 nitrogen and oxygen atoms in total. The maximum atomic E-state index is 12.9. The fourth-order valence-electron chi connectivity index (χ4n) is 2.83. The van der Waals surface area contributed by atoms with Crippen LogP contribution in [-0.2, 0) is 0 Å². The predicted octanol–water partition coefficient (Wildman–Crippen LogP) is 2.70. The summed E-state index contributed by atoms with van der Waals surface area (Å²) in [7, 11) is 3.14. The summed E-state index contributed by atoms with van der Waals surface area (Å²) in [5.74, 6) is 1.17. The van der Waals surface area contributed by atoms with Crippen LogP contribution in [0.25, 0.3) is 16.9 Å². The lowest BCUT2D eigenvalue weighted by Gasteiger charge is -2.15. The van der Waals surface area contributed by atoms with Crippen LogP contribution in [-0.4, -0.2) is 28.8 Å². The van der Waals surface area contributed by atoms with Crippen molar-refractivity contribution >= 4 is 5.65 Å². The van der Waals surface area contributed by atoms with Gasteiger partial charge in [0.1, 0.15) is 23.1 Å². The maximum Gasteiger partial charge on any atom is 0.278 e. The minimum atomic E-state index is -0.248. The first-order valence-electron chi connectivity index (χ1n) is 7.77. The zero-order valence-corrected chi connectivity index (χ0v) is 14.5. The van der Waals surface area contributed by atoms with Gasteiger partial charge < -0.3 is 14.5 Å². The predicted molar refractivity (Wildman–Crippen MR) is 93.2 cm³/mol. The number of H-pyrrole nitrogens is 1. The molecule has 2 aromatic heterocycles. The molecule has 2 heterocycles. The second-order valence-corrected chi connectivity index (χ2v) is 5.91. The van der Waals surface area contributed by atoms with Crippen LogP contribution >= 0.6 is 0 Å². The van der Waals surface area contributed by atoms with Crippen molar-refractivity contribution in [1.29, 1.82) is 5.26 Å². The van der Waals surface area contributed by atoms with E-state index in [1.807, 2.05) is 32.0 Å². The summed E-state index contributed by atoms with van der Waals surface area (Å²) in [6.45, 7) is 3.87. The number of nitrogens with zero attached hydrogens (tertiary/aromatic N) is 3. The SMILES string of the molecule is COc1cc(OC)cc(-c2[nH]c3c(C#N)cnn3c(=O)c2C(C)C)c1. The number of nitriles is 1. The maximum absolute atomic E-state index is 12.9. The zero-order chi connectivity index (χ0) is 18.1. The number of fused-ring (bicyclic) bond motifs is 1. The summed E-state index contributed by atoms with van der Waals surface area (Å²) >= 11 is 0. The summed E-state index contributed by atoms with van der Waals surface area (Å²) in [4.78, 5) is 16.1. The van der Waals surface area contributed by atoms with E-state index in [0.717, 1.165) is 5.56 Å². The highest BCUT2D eigenvalue weighted by molar-refractivity contribution is 5.70. The zero-order valence-electron chi connectivity index (χ0n) is 14.5. The lowest BCUT2D eigenvalue weighted by Crippen LogP contribution is -2.22. The normalized spacial score (nSPS) is 10.9. The molecule has 1 aromatic carbocycles. The van der Waals surface area contributed by atoms with Crippen molar-refractivity contribution in [1.82, 2.24) is 14.6 Å². The Morgan fingerprint density at radius 2 is 1.84 bits per heavy atom. The summed E-state index contributed by atoms with van der Waals surface area (Å²) in [5.41, 5.74) is 2.38. The van der Waals surface area contributed by atoms with Crippen LogP contribution in [0.2, 0.25) is 0 Å². The van der Waals surface area contributed by atoms with Crippen molar-refractivity contribution in [3.63, 3.8) is 0 Å². The van der Waals surface area contributed by atoms with E-state index in [9.17, 15) is 10.1 Å². The number of ether oxygens (including phenoxy) is 2. The number of rotatable bonds is 4. The molecule has 0 radical (unpaired) electrons. The average molecular weight is 338 g/mol. The van der Waals surface area contributed by atoms with Gasteiger partial charge in [-0.05, 0) is 18.1 Å². The van der Waals surface area contributed by atoms with Gasteiger partial charge >= 0.3 is 0 Å². The third-order valence-corrected chi connectivity index (χ3v) is 4.04. The number of aromatic amines is 1. The Balaban J connectivity index is 2.41. The van der Waals surface area contributed by atoms with Crippen LogP contribution in [0.5, 0.6) is 11.5 Å². The first-order chi connectivity index (χ1) is 12.0. The first-order valence-corrected chi connectivity index (χ1v) is 7.77. The van der Waals surface area contributed by atoms with Gasteiger partial charge in [0, 0.05) is 17.2 Å². The molecule has 0 aliphatic carbocycles. The van der Waals surface area contributed by atoms with Gasteiger partial charge in [0.05, 0.1) is 26.1 Å². The van der Waals surface area contributed by atoms with Crippen molar-refractivity contribution in [2.24, 2.45) is 0 Å². The van der Waals surface area contributed by atoms with Crippen molar-refractivity contribution < 1.29 is 9.47 Å². The lowest BCUT2D eigenvalue weighted by molar-refractivity contribution is 0.394. The fourth-order valence-corrected chi connectivity index (χ4v) is 2.83. The Kier molecular flexibility index (Phi) is 4.19. The molecule has 0 spiro atoms. The molecular formula is C18H18N4O3. The van der Waals surface area contributed by atoms with Crippen molar-refractivity contribution in [2.45, 2.75) is 19.8 Å². The van der Waals surface area contributed by atoms with Gasteiger partial charge in [-0.1, -0.05) is 13.8 Å². The number of aromatic nitrogens is 3. The van der Waals surface area contributed by atoms with E-state index in [-0.39, 0.29) is 11.5 Å². The Morgan fingerprint density at radius 1 is 1.20 bits per heavy atom. The summed E-state index contributed by atoms with van der Waals surface area (Å²) in [6.07, 6.45) is 1.38. The standard InChI is InChI=1S/C18H18N4O3/c1-10(2)15-16(11-5-13(24-3)7-14(6-11)25-4)21-17-12(8-19)9-20-22(17)18(15)23/h5-7,9-10,21H,1-4H3. The molecule has 0 aliphatic heterocycles. The van der Waals surface area contributed by atoms with Gasteiger partial charge in [-0.3, -0.25) is 4.79 Å². The molecule has 128 valence electrons. The second-order valence-electron chi connectivity index (χ2n) is 5.91. The molecule has 1 N–H and O–H groups in total. The molecule has 0 amide bonds. The molecule has 0 bridgehead atoms. The van der Waals surface area contributed by atoms with Crippen LogP contribution < -0.4 is 15.0 Å². The van der Waals surface area contributed by atoms with Crippen LogP contribution in [0, 0.1) is 11.3 Å². The number of benzene rings is 1. The fraction of sp³-hybridized carbons (Fsp3) is 0.278. The number of hydrogen-bond acceptors (Lipinski definition) is 5. The first kappa shape index (κ1) is 16.6. The second kappa shape index (κ2) is 6.32. The molecule has 0 fully saturated rings. The number of nitrogens with one attached hydrogen (secondary N) is 1. The van der Waals surface area contributed by atoms with Crippen LogP contribution in [0.15, 0.2) is 29.2 Å². The van der Waals surface area contributed by atoms with Crippen LogP contribution in [0.1, 0.15) is 30.9 Å². The summed E-state index contributed by atoms with van der Waals surface area (Å²) < 4.78 is 11.9. The van der Waals surface area contributed by atoms with E-state index < -0.39 is 0 Å². The minimum Gasteiger partial charge on any atom is -0.497 e. The molecule has 3 rings (SSSR count). The summed E-state index contributed by atoms with van der Waals surface area (Å²) in [5, 5.41) is 13.3. The Hall–Kier alpha value is -3.27. The van der Waals surface area contributed by atoms with Crippen molar-refractivity contribution in [3.8, 4) is 28.8 Å². The Bertz CT molecular complexity index is 1020. The van der Waals surface area contributed by atoms with E-state index in [2.05, 4.69) is 10.1 Å². The monoisotopic (exact) mass is 338 g/mol. The third-order valence-electron chi connectivity index (χ3n) is 4.04. The highest BCUT2D eigenvalue weighted by atomic mass is 16.5. The van der Waals surface area contributed by atoms with E-state index in [0.29, 0.717) is 34.0 Å². The van der Waals surface area contributed by atoms with E-state index in [1.54, 1.807) is 20.3 Å². The van der Waals surface area contributed by atoms with Crippen LogP contribution in [0.3, 0.4) is 0 Å². The number of hydrogen-bond donors (Lipinski definition) is 1. The van der Waals surface area contributed by atoms with Gasteiger partial charge in [0.2, 0.25) is 0 Å². The molecule has 25 heavy (non-hydrogen) atoms. The minimum absolute atomic E-state index is 0.0462. The molecule has 7 heteroatoms. The quantitative estimate of drug-likeness (QED) is 0.789. The molecule has 0 aliphatic rings. The number of methoxy groups -OCH3 is 2. The van der Waals surface area contributed by atoms with Gasteiger partial charge in [-0.2, -0.15) is 14.9 Å². The smallest absolute Gasteiger partial charge is 0.278 e. The average Bonchev–Trinajstić information content (AvgIpc) is 3.04. The highest BCUT2D eigenvalue weighted by Gasteiger charge is 2.20. The summed E-state index contributed by atoms with van der Waals surface area (Å²) in [6, 6.07) is 7.44. The third kappa shape index (κ3) is 2.72. The van der Waals surface area contributed by atoms with Gasteiger partial charge in [-0.15, -0.1) is 0 Å². The Labute approximate surface area is 144 Å². The largest absolute Gasteiger partial charge is 0.497 e. The van der Waals surface area contributed by atoms with E-state index in [1.165, 1.54) is 10.7 Å². The molecule has 0 atom stereocenters. The molecule has 0 saturated carbocycles. The van der Waals surface area contributed by atoms with Gasteiger partial charge in [0.25, 0.3) is 5.56 Å². The lowest BCUT2D eigenvalue weighted by atomic mass is 9.98. The van der Waals surface area contributed by atoms with Gasteiger partial charge in [0.15, 0.2) is 5.65 Å². The van der Waals surface area contributed by atoms with Crippen molar-refractivity contribution in [2.75, 3.05) is 14.2 Å². The molecular weight excluding hydrogens is 320 g/mol.